The molecule has 0 aliphatic carbocycles. The molecule has 0 aliphatic rings. The van der Waals surface area contributed by atoms with Gasteiger partial charge in [-0.1, -0.05) is 0 Å². The van der Waals surface area contributed by atoms with E-state index < -0.39 is 0 Å². The molecule has 7 nitrogen and oxygen atoms in total. The summed E-state index contributed by atoms with van der Waals surface area (Å²) in [5.74, 6) is 1.89. The summed E-state index contributed by atoms with van der Waals surface area (Å²) in [5, 5.41) is 15.4. The van der Waals surface area contributed by atoms with Crippen LogP contribution in [-0.2, 0) is 6.54 Å². The molecule has 1 aromatic heterocycles. The largest absolute Gasteiger partial charge is 0.493 e. The molecule has 0 spiro atoms. The lowest BCUT2D eigenvalue weighted by molar-refractivity contribution is 0.355. The predicted octanol–water partition coefficient (Wildman–Crippen LogP) is 0.577. The number of hydrogen-bond donors (Lipinski definition) is 1. The number of aromatic nitrogens is 4. The second-order valence-electron chi connectivity index (χ2n) is 3.88. The second kappa shape index (κ2) is 6.14. The van der Waals surface area contributed by atoms with Crippen molar-refractivity contribution in [1.29, 1.82) is 0 Å². The van der Waals surface area contributed by atoms with E-state index in [1.54, 1.807) is 19.0 Å². The van der Waals surface area contributed by atoms with Crippen molar-refractivity contribution in [2.75, 3.05) is 27.8 Å². The number of hydrogen-bond acceptors (Lipinski definition) is 6. The van der Waals surface area contributed by atoms with Gasteiger partial charge in [0.2, 0.25) is 5.82 Å². The molecule has 2 rings (SSSR count). The lowest BCUT2D eigenvalue weighted by atomic mass is 10.2. The zero-order valence-corrected chi connectivity index (χ0v) is 11.3. The molecule has 0 aliphatic heterocycles. The van der Waals surface area contributed by atoms with E-state index in [0.29, 0.717) is 23.9 Å². The molecule has 0 fully saturated rings. The maximum atomic E-state index is 5.25. The minimum atomic E-state index is 0.567. The van der Waals surface area contributed by atoms with E-state index in [0.717, 1.165) is 12.1 Å². The van der Waals surface area contributed by atoms with Crippen LogP contribution in [0.15, 0.2) is 18.2 Å². The van der Waals surface area contributed by atoms with Gasteiger partial charge < -0.3 is 14.8 Å². The maximum Gasteiger partial charge on any atom is 0.205 e. The van der Waals surface area contributed by atoms with Gasteiger partial charge in [0.1, 0.15) is 0 Å². The summed E-state index contributed by atoms with van der Waals surface area (Å²) in [5.41, 5.74) is 0.841. The lowest BCUT2D eigenvalue weighted by Crippen LogP contribution is -2.16. The van der Waals surface area contributed by atoms with Crippen molar-refractivity contribution in [1.82, 2.24) is 25.5 Å². The summed E-state index contributed by atoms with van der Waals surface area (Å²) in [6.07, 6.45) is 0. The molecule has 0 radical (unpaired) electrons. The van der Waals surface area contributed by atoms with Crippen molar-refractivity contribution in [2.24, 2.45) is 0 Å². The Hall–Kier alpha value is -2.15. The fourth-order valence-electron chi connectivity index (χ4n) is 1.64. The summed E-state index contributed by atoms with van der Waals surface area (Å²) in [6, 6.07) is 5.53. The summed E-state index contributed by atoms with van der Waals surface area (Å²) >= 11 is 0. The minimum absolute atomic E-state index is 0.567. The zero-order valence-electron chi connectivity index (χ0n) is 11.3. The standard InChI is InChI=1S/C12H17N5O2/c1-13-6-7-17-15-12(14-16-17)9-4-5-10(18-2)11(8-9)19-3/h4-5,8,13H,6-7H2,1-3H3. The van der Waals surface area contributed by atoms with E-state index in [1.165, 1.54) is 0 Å². The molecule has 102 valence electrons. The van der Waals surface area contributed by atoms with Crippen molar-refractivity contribution in [3.8, 4) is 22.9 Å². The molecule has 0 saturated heterocycles. The van der Waals surface area contributed by atoms with Gasteiger partial charge in [-0.05, 0) is 30.5 Å². The maximum absolute atomic E-state index is 5.25. The van der Waals surface area contributed by atoms with Gasteiger partial charge in [-0.2, -0.15) is 4.80 Å². The van der Waals surface area contributed by atoms with Crippen LogP contribution in [0.3, 0.4) is 0 Å². The van der Waals surface area contributed by atoms with Crippen LogP contribution in [0, 0.1) is 0 Å². The Morgan fingerprint density at radius 2 is 2.00 bits per heavy atom. The van der Waals surface area contributed by atoms with Crippen LogP contribution >= 0.6 is 0 Å². The highest BCUT2D eigenvalue weighted by atomic mass is 16.5. The number of likely N-dealkylation sites (N-methyl/N-ethyl adjacent to an activating group) is 1. The molecule has 7 heteroatoms. The number of tetrazole rings is 1. The van der Waals surface area contributed by atoms with Crippen LogP contribution in [0.5, 0.6) is 11.5 Å². The summed E-state index contributed by atoms with van der Waals surface area (Å²) in [4.78, 5) is 1.56. The molecule has 1 heterocycles. The van der Waals surface area contributed by atoms with E-state index in [9.17, 15) is 0 Å². The van der Waals surface area contributed by atoms with Crippen molar-refractivity contribution in [2.45, 2.75) is 6.54 Å². The van der Waals surface area contributed by atoms with Gasteiger partial charge in [0.05, 0.1) is 20.8 Å². The van der Waals surface area contributed by atoms with Gasteiger partial charge in [-0.15, -0.1) is 10.2 Å². The van der Waals surface area contributed by atoms with Crippen LogP contribution in [0.25, 0.3) is 11.4 Å². The number of nitrogens with one attached hydrogen (secondary N) is 1. The van der Waals surface area contributed by atoms with Gasteiger partial charge in [0, 0.05) is 12.1 Å². The van der Waals surface area contributed by atoms with Crippen LogP contribution in [0.1, 0.15) is 0 Å². The third-order valence-corrected chi connectivity index (χ3v) is 2.66. The Bertz CT molecular complexity index is 541. The van der Waals surface area contributed by atoms with Crippen LogP contribution in [0.4, 0.5) is 0 Å². The molecule has 19 heavy (non-hydrogen) atoms. The molecule has 1 N–H and O–H groups in total. The fraction of sp³-hybridized carbons (Fsp3) is 0.417. The number of rotatable bonds is 6. The van der Waals surface area contributed by atoms with Gasteiger partial charge >= 0.3 is 0 Å². The third-order valence-electron chi connectivity index (χ3n) is 2.66. The topological polar surface area (TPSA) is 74.1 Å². The van der Waals surface area contributed by atoms with E-state index in [4.69, 9.17) is 9.47 Å². The van der Waals surface area contributed by atoms with Crippen LogP contribution < -0.4 is 14.8 Å². The first-order valence-electron chi connectivity index (χ1n) is 5.93. The highest BCUT2D eigenvalue weighted by Gasteiger charge is 2.10. The number of ether oxygens (including phenoxy) is 2. The molecule has 0 unspecified atom stereocenters. The number of benzene rings is 1. The molecule has 0 bridgehead atoms. The first-order valence-corrected chi connectivity index (χ1v) is 5.93. The summed E-state index contributed by atoms with van der Waals surface area (Å²) in [6.45, 7) is 1.47. The monoisotopic (exact) mass is 263 g/mol. The average Bonchev–Trinajstić information content (AvgIpc) is 2.93. The van der Waals surface area contributed by atoms with Crippen molar-refractivity contribution < 1.29 is 9.47 Å². The van der Waals surface area contributed by atoms with Gasteiger partial charge in [-0.3, -0.25) is 0 Å². The van der Waals surface area contributed by atoms with Crippen LogP contribution in [-0.4, -0.2) is 48.0 Å². The lowest BCUT2D eigenvalue weighted by Gasteiger charge is -2.07. The molecular formula is C12H17N5O2. The van der Waals surface area contributed by atoms with Gasteiger partial charge in [0.15, 0.2) is 11.5 Å². The number of methoxy groups -OCH3 is 2. The summed E-state index contributed by atoms with van der Waals surface area (Å²) < 4.78 is 10.4. The molecule has 0 amide bonds. The summed E-state index contributed by atoms with van der Waals surface area (Å²) in [7, 11) is 5.08. The first kappa shape index (κ1) is 13.3. The van der Waals surface area contributed by atoms with E-state index >= 15 is 0 Å². The smallest absolute Gasteiger partial charge is 0.205 e. The Morgan fingerprint density at radius 1 is 1.21 bits per heavy atom. The van der Waals surface area contributed by atoms with Gasteiger partial charge in [-0.25, -0.2) is 0 Å². The number of nitrogens with zero attached hydrogens (tertiary/aromatic N) is 4. The van der Waals surface area contributed by atoms with Crippen molar-refractivity contribution >= 4 is 0 Å². The molecule has 0 atom stereocenters. The SMILES string of the molecule is CNCCn1nnc(-c2ccc(OC)c(OC)c2)n1. The Balaban J connectivity index is 2.23. The first-order chi connectivity index (χ1) is 9.28. The highest BCUT2D eigenvalue weighted by molar-refractivity contribution is 5.60. The molecule has 0 saturated carbocycles. The van der Waals surface area contributed by atoms with Gasteiger partial charge in [0.25, 0.3) is 0 Å². The predicted molar refractivity (Wildman–Crippen MR) is 70.3 cm³/mol. The van der Waals surface area contributed by atoms with Crippen LogP contribution in [0.2, 0.25) is 0 Å². The zero-order chi connectivity index (χ0) is 13.7. The highest BCUT2D eigenvalue weighted by Crippen LogP contribution is 2.30. The van der Waals surface area contributed by atoms with Crippen molar-refractivity contribution in [3.63, 3.8) is 0 Å². The van der Waals surface area contributed by atoms with E-state index in [1.807, 2.05) is 25.2 Å². The quantitative estimate of drug-likeness (QED) is 0.821. The molecule has 2 aromatic rings. The normalized spacial score (nSPS) is 10.5. The van der Waals surface area contributed by atoms with E-state index in [2.05, 4.69) is 20.7 Å². The Kier molecular flexibility index (Phi) is 4.30. The Labute approximate surface area is 111 Å². The van der Waals surface area contributed by atoms with Crippen molar-refractivity contribution in [3.05, 3.63) is 18.2 Å². The Morgan fingerprint density at radius 3 is 2.68 bits per heavy atom. The molecule has 1 aromatic carbocycles. The average molecular weight is 263 g/mol. The molecular weight excluding hydrogens is 246 g/mol. The van der Waals surface area contributed by atoms with E-state index in [-0.39, 0.29) is 0 Å². The third kappa shape index (κ3) is 3.00. The fourth-order valence-corrected chi connectivity index (χ4v) is 1.64. The minimum Gasteiger partial charge on any atom is -0.493 e. The second-order valence-corrected chi connectivity index (χ2v) is 3.88.